The number of nitrogens with one attached hydrogen (secondary N) is 1. The number of hydrazone groups is 1. The molecular formula is C24H21N3O4. The summed E-state index contributed by atoms with van der Waals surface area (Å²) in [7, 11) is 1.57. The summed E-state index contributed by atoms with van der Waals surface area (Å²) in [5.74, 6) is 1.53. The third kappa shape index (κ3) is 4.11. The molecule has 7 heteroatoms. The lowest BCUT2D eigenvalue weighted by Gasteiger charge is -2.21. The first-order chi connectivity index (χ1) is 15.0. The lowest BCUT2D eigenvalue weighted by Crippen LogP contribution is -2.40. The number of imide groups is 1. The Morgan fingerprint density at radius 2 is 1.61 bits per heavy atom. The molecule has 7 nitrogen and oxygen atoms in total. The van der Waals surface area contributed by atoms with Gasteiger partial charge in [0.1, 0.15) is 22.8 Å². The third-order valence-corrected chi connectivity index (χ3v) is 5.00. The van der Waals surface area contributed by atoms with E-state index >= 15 is 0 Å². The number of nitrogens with zero attached hydrogens (tertiary/aromatic N) is 2. The summed E-state index contributed by atoms with van der Waals surface area (Å²) in [6, 6.07) is 23.0. The van der Waals surface area contributed by atoms with E-state index in [0.29, 0.717) is 28.4 Å². The Hall–Kier alpha value is -4.13. The van der Waals surface area contributed by atoms with Crippen LogP contribution >= 0.6 is 0 Å². The fourth-order valence-corrected chi connectivity index (χ4v) is 3.26. The van der Waals surface area contributed by atoms with E-state index in [1.165, 1.54) is 6.21 Å². The minimum Gasteiger partial charge on any atom is -0.497 e. The van der Waals surface area contributed by atoms with E-state index in [1.54, 1.807) is 44.4 Å². The summed E-state index contributed by atoms with van der Waals surface area (Å²) < 4.78 is 11.0. The molecule has 3 aromatic carbocycles. The maximum absolute atomic E-state index is 13.0. The Bertz CT molecular complexity index is 1130. The van der Waals surface area contributed by atoms with Crippen molar-refractivity contribution in [3.63, 3.8) is 0 Å². The highest BCUT2D eigenvalue weighted by molar-refractivity contribution is 6.07. The Morgan fingerprint density at radius 1 is 0.903 bits per heavy atom. The van der Waals surface area contributed by atoms with Gasteiger partial charge in [-0.2, -0.15) is 5.10 Å². The van der Waals surface area contributed by atoms with Gasteiger partial charge < -0.3 is 14.8 Å². The van der Waals surface area contributed by atoms with Crippen LogP contribution in [0.2, 0.25) is 0 Å². The van der Waals surface area contributed by atoms with E-state index in [9.17, 15) is 9.59 Å². The van der Waals surface area contributed by atoms with Gasteiger partial charge in [0.2, 0.25) is 0 Å². The van der Waals surface area contributed by atoms with Crippen molar-refractivity contribution >= 4 is 18.2 Å². The van der Waals surface area contributed by atoms with Crippen molar-refractivity contribution in [3.8, 4) is 17.2 Å². The molecule has 3 aromatic rings. The standard InChI is InChI=1S/C24H21N3O4/c1-24(18-11-13-19(30-2)14-12-18)22(28)27(23(29)26-24)25-16-17-7-6-10-21(15-17)31-20-8-4-3-5-9-20/h3-16H,1-2H3,(H,26,29)/b25-16-/t24-/m1/s1. The quantitative estimate of drug-likeness (QED) is 0.481. The number of para-hydroxylation sites is 1. The summed E-state index contributed by atoms with van der Waals surface area (Å²) >= 11 is 0. The number of carbonyl (C=O) groups excluding carboxylic acids is 2. The number of ether oxygens (including phenoxy) is 2. The van der Waals surface area contributed by atoms with Crippen molar-refractivity contribution in [1.82, 2.24) is 10.3 Å². The molecule has 1 aliphatic rings. The van der Waals surface area contributed by atoms with E-state index in [1.807, 2.05) is 48.5 Å². The van der Waals surface area contributed by atoms with Crippen molar-refractivity contribution in [1.29, 1.82) is 0 Å². The molecule has 1 fully saturated rings. The lowest BCUT2D eigenvalue weighted by atomic mass is 9.92. The predicted octanol–water partition coefficient (Wildman–Crippen LogP) is 4.29. The van der Waals surface area contributed by atoms with Crippen LogP contribution in [0.5, 0.6) is 17.2 Å². The molecule has 0 aliphatic carbocycles. The second-order valence-corrected chi connectivity index (χ2v) is 7.13. The highest BCUT2D eigenvalue weighted by Crippen LogP contribution is 2.30. The number of benzene rings is 3. The van der Waals surface area contributed by atoms with Gasteiger partial charge in [-0.1, -0.05) is 42.5 Å². The number of hydrogen-bond acceptors (Lipinski definition) is 5. The summed E-state index contributed by atoms with van der Waals surface area (Å²) in [6.07, 6.45) is 1.45. The molecule has 1 heterocycles. The fraction of sp³-hybridized carbons (Fsp3) is 0.125. The molecule has 1 atom stereocenters. The van der Waals surface area contributed by atoms with Gasteiger partial charge in [-0.25, -0.2) is 4.79 Å². The van der Waals surface area contributed by atoms with Crippen molar-refractivity contribution < 1.29 is 19.1 Å². The second kappa shape index (κ2) is 8.31. The average molecular weight is 415 g/mol. The van der Waals surface area contributed by atoms with Crippen LogP contribution in [0.4, 0.5) is 4.79 Å². The first-order valence-corrected chi connectivity index (χ1v) is 9.68. The first kappa shape index (κ1) is 20.2. The van der Waals surface area contributed by atoms with E-state index in [-0.39, 0.29) is 0 Å². The van der Waals surface area contributed by atoms with Gasteiger partial charge in [0.05, 0.1) is 13.3 Å². The van der Waals surface area contributed by atoms with Crippen LogP contribution in [0.15, 0.2) is 84.0 Å². The third-order valence-electron chi connectivity index (χ3n) is 5.00. The van der Waals surface area contributed by atoms with Crippen molar-refractivity contribution in [2.24, 2.45) is 5.10 Å². The smallest absolute Gasteiger partial charge is 0.346 e. The van der Waals surface area contributed by atoms with Crippen LogP contribution in [0.25, 0.3) is 0 Å². The van der Waals surface area contributed by atoms with Gasteiger partial charge in [0.25, 0.3) is 5.91 Å². The molecule has 0 unspecified atom stereocenters. The van der Waals surface area contributed by atoms with E-state index in [2.05, 4.69) is 10.4 Å². The summed E-state index contributed by atoms with van der Waals surface area (Å²) in [6.45, 7) is 1.65. The molecule has 0 spiro atoms. The molecule has 156 valence electrons. The van der Waals surface area contributed by atoms with Crippen LogP contribution in [-0.2, 0) is 10.3 Å². The Labute approximate surface area is 179 Å². The summed E-state index contributed by atoms with van der Waals surface area (Å²) in [4.78, 5) is 25.5. The lowest BCUT2D eigenvalue weighted by molar-refractivity contribution is -0.131. The molecule has 3 amide bonds. The summed E-state index contributed by atoms with van der Waals surface area (Å²) in [5, 5.41) is 7.69. The van der Waals surface area contributed by atoms with E-state index in [0.717, 1.165) is 5.01 Å². The Morgan fingerprint density at radius 3 is 2.32 bits per heavy atom. The number of urea groups is 1. The van der Waals surface area contributed by atoms with Gasteiger partial charge in [-0.05, 0) is 54.4 Å². The molecule has 0 bridgehead atoms. The number of hydrogen-bond donors (Lipinski definition) is 1. The van der Waals surface area contributed by atoms with Crippen LogP contribution in [0.1, 0.15) is 18.1 Å². The van der Waals surface area contributed by atoms with Gasteiger partial charge >= 0.3 is 6.03 Å². The van der Waals surface area contributed by atoms with Crippen LogP contribution < -0.4 is 14.8 Å². The van der Waals surface area contributed by atoms with Crippen LogP contribution in [0, 0.1) is 0 Å². The normalized spacial score (nSPS) is 18.3. The van der Waals surface area contributed by atoms with E-state index in [4.69, 9.17) is 9.47 Å². The van der Waals surface area contributed by atoms with Crippen molar-refractivity contribution in [2.75, 3.05) is 7.11 Å². The monoisotopic (exact) mass is 415 g/mol. The van der Waals surface area contributed by atoms with Crippen LogP contribution in [0.3, 0.4) is 0 Å². The molecule has 1 N–H and O–H groups in total. The summed E-state index contributed by atoms with van der Waals surface area (Å²) in [5.41, 5.74) is 0.119. The van der Waals surface area contributed by atoms with Crippen molar-refractivity contribution in [3.05, 3.63) is 90.0 Å². The molecule has 1 saturated heterocycles. The molecule has 0 saturated carbocycles. The number of amides is 3. The average Bonchev–Trinajstić information content (AvgIpc) is 3.02. The van der Waals surface area contributed by atoms with E-state index < -0.39 is 17.5 Å². The molecule has 0 aromatic heterocycles. The fourth-order valence-electron chi connectivity index (χ4n) is 3.26. The number of rotatable bonds is 6. The molecule has 31 heavy (non-hydrogen) atoms. The first-order valence-electron chi connectivity index (χ1n) is 9.68. The Balaban J connectivity index is 1.52. The van der Waals surface area contributed by atoms with Gasteiger partial charge in [-0.3, -0.25) is 4.79 Å². The zero-order valence-corrected chi connectivity index (χ0v) is 17.1. The zero-order valence-electron chi connectivity index (χ0n) is 17.1. The topological polar surface area (TPSA) is 80.2 Å². The maximum Gasteiger partial charge on any atom is 0.346 e. The SMILES string of the molecule is COc1ccc([C@@]2(C)NC(=O)N(/N=C\c3cccc(Oc4ccccc4)c3)C2=O)cc1. The highest BCUT2D eigenvalue weighted by atomic mass is 16.5. The predicted molar refractivity (Wildman–Crippen MR) is 116 cm³/mol. The second-order valence-electron chi connectivity index (χ2n) is 7.13. The minimum atomic E-state index is -1.21. The maximum atomic E-state index is 13.0. The highest BCUT2D eigenvalue weighted by Gasteiger charge is 2.49. The molecule has 4 rings (SSSR count). The van der Waals surface area contributed by atoms with Gasteiger partial charge in [0, 0.05) is 0 Å². The van der Waals surface area contributed by atoms with Gasteiger partial charge in [-0.15, -0.1) is 5.01 Å². The number of methoxy groups -OCH3 is 1. The molecule has 1 aliphatic heterocycles. The molecule has 0 radical (unpaired) electrons. The largest absolute Gasteiger partial charge is 0.497 e. The van der Waals surface area contributed by atoms with Crippen molar-refractivity contribution in [2.45, 2.75) is 12.5 Å². The zero-order chi connectivity index (χ0) is 21.8. The number of carbonyl (C=O) groups is 2. The Kier molecular flexibility index (Phi) is 5.41. The molecular weight excluding hydrogens is 394 g/mol. The minimum absolute atomic E-state index is 0.462. The van der Waals surface area contributed by atoms with Crippen LogP contribution in [-0.4, -0.2) is 30.3 Å². The van der Waals surface area contributed by atoms with Gasteiger partial charge in [0.15, 0.2) is 0 Å².